The lowest BCUT2D eigenvalue weighted by molar-refractivity contribution is 0.318. The quantitative estimate of drug-likeness (QED) is 0.647. The number of hydrogen-bond acceptors (Lipinski definition) is 2. The summed E-state index contributed by atoms with van der Waals surface area (Å²) in [6, 6.07) is 3.95. The molecular weight excluding hydrogens is 150 g/mol. The van der Waals surface area contributed by atoms with Crippen LogP contribution in [0.2, 0.25) is 0 Å². The number of rotatable bonds is 0. The zero-order valence-electron chi connectivity index (χ0n) is 8.41. The van der Waals surface area contributed by atoms with Crippen LogP contribution in [-0.4, -0.2) is 16.7 Å². The molecule has 2 nitrogen and oxygen atoms in total. The molecule has 0 spiro atoms. The van der Waals surface area contributed by atoms with Crippen LogP contribution in [0.1, 0.15) is 26.3 Å². The highest BCUT2D eigenvalue weighted by atomic mass is 16.2. The molecule has 0 unspecified atom stereocenters. The summed E-state index contributed by atoms with van der Waals surface area (Å²) in [5.74, 6) is 0. The van der Waals surface area contributed by atoms with Crippen LogP contribution in [0.25, 0.3) is 0 Å². The van der Waals surface area contributed by atoms with Gasteiger partial charge in [0.15, 0.2) is 0 Å². The van der Waals surface area contributed by atoms with Gasteiger partial charge in [0.05, 0.1) is 0 Å². The molecule has 1 rings (SSSR count). The van der Waals surface area contributed by atoms with E-state index in [0.29, 0.717) is 0 Å². The monoisotopic (exact) mass is 169 g/mol. The summed E-state index contributed by atoms with van der Waals surface area (Å²) >= 11 is 0. The standard InChI is InChI=1S/C6H7N.C2H6O.C2H6/c1-6-3-2-4-7-5-6;1-2-3;1-2/h2-5H,1H3;3H,2H2,1H3;1-2H3. The molecule has 0 fully saturated rings. The van der Waals surface area contributed by atoms with E-state index in [1.165, 1.54) is 5.56 Å². The summed E-state index contributed by atoms with van der Waals surface area (Å²) in [5, 5.41) is 7.57. The first-order chi connectivity index (χ1) is 5.81. The van der Waals surface area contributed by atoms with E-state index in [2.05, 4.69) is 4.98 Å². The maximum absolute atomic E-state index is 7.57. The highest BCUT2D eigenvalue weighted by molar-refractivity contribution is 5.04. The Hall–Kier alpha value is -0.890. The van der Waals surface area contributed by atoms with Crippen molar-refractivity contribution in [2.24, 2.45) is 0 Å². The van der Waals surface area contributed by atoms with Crippen molar-refractivity contribution in [3.8, 4) is 0 Å². The molecule has 12 heavy (non-hydrogen) atoms. The van der Waals surface area contributed by atoms with E-state index >= 15 is 0 Å². The maximum atomic E-state index is 7.57. The second-order valence-electron chi connectivity index (χ2n) is 1.85. The number of aryl methyl sites for hydroxylation is 1. The van der Waals surface area contributed by atoms with Crippen LogP contribution in [0.3, 0.4) is 0 Å². The molecule has 0 radical (unpaired) electrons. The molecule has 0 amide bonds. The number of aliphatic hydroxyl groups is 1. The molecule has 1 aromatic rings. The van der Waals surface area contributed by atoms with Crippen LogP contribution in [0.15, 0.2) is 24.5 Å². The fourth-order valence-electron chi connectivity index (χ4n) is 0.448. The first kappa shape index (κ1) is 13.7. The highest BCUT2D eigenvalue weighted by Crippen LogP contribution is 1.88. The van der Waals surface area contributed by atoms with Gasteiger partial charge >= 0.3 is 0 Å². The van der Waals surface area contributed by atoms with Gasteiger partial charge in [-0.3, -0.25) is 4.98 Å². The molecule has 0 aliphatic carbocycles. The molecule has 0 atom stereocenters. The smallest absolute Gasteiger partial charge is 0.0402 e. The van der Waals surface area contributed by atoms with E-state index < -0.39 is 0 Å². The van der Waals surface area contributed by atoms with Gasteiger partial charge in [0, 0.05) is 19.0 Å². The summed E-state index contributed by atoms with van der Waals surface area (Å²) in [5.41, 5.74) is 1.21. The second-order valence-corrected chi connectivity index (χ2v) is 1.85. The molecule has 70 valence electrons. The average Bonchev–Trinajstić information content (AvgIpc) is 2.11. The molecule has 1 aromatic heterocycles. The Balaban J connectivity index is 0. The number of nitrogens with zero attached hydrogens (tertiary/aromatic N) is 1. The van der Waals surface area contributed by atoms with Crippen molar-refractivity contribution in [3.63, 3.8) is 0 Å². The Morgan fingerprint density at radius 2 is 1.92 bits per heavy atom. The van der Waals surface area contributed by atoms with Crippen molar-refractivity contribution < 1.29 is 5.11 Å². The zero-order valence-corrected chi connectivity index (χ0v) is 8.41. The number of pyridine rings is 1. The predicted molar refractivity (Wildman–Crippen MR) is 53.1 cm³/mol. The van der Waals surface area contributed by atoms with Crippen molar-refractivity contribution >= 4 is 0 Å². The van der Waals surface area contributed by atoms with E-state index in [0.717, 1.165) is 0 Å². The summed E-state index contributed by atoms with van der Waals surface area (Å²) in [4.78, 5) is 3.88. The van der Waals surface area contributed by atoms with Crippen molar-refractivity contribution in [1.82, 2.24) is 4.98 Å². The van der Waals surface area contributed by atoms with Crippen LogP contribution in [0.4, 0.5) is 0 Å². The Bertz CT molecular complexity index is 151. The van der Waals surface area contributed by atoms with Crippen LogP contribution in [0.5, 0.6) is 0 Å². The topological polar surface area (TPSA) is 33.1 Å². The van der Waals surface area contributed by atoms with Gasteiger partial charge < -0.3 is 5.11 Å². The van der Waals surface area contributed by atoms with Gasteiger partial charge in [0.25, 0.3) is 0 Å². The zero-order chi connectivity index (χ0) is 9.82. The minimum absolute atomic E-state index is 0.250. The number of aromatic nitrogens is 1. The summed E-state index contributed by atoms with van der Waals surface area (Å²) in [6.45, 7) is 7.95. The van der Waals surface area contributed by atoms with Crippen molar-refractivity contribution in [2.45, 2.75) is 27.7 Å². The normalized spacial score (nSPS) is 7.08. The third-order valence-corrected chi connectivity index (χ3v) is 0.809. The van der Waals surface area contributed by atoms with Gasteiger partial charge in [0.1, 0.15) is 0 Å². The SMILES string of the molecule is CC.CCO.Cc1cccnc1. The fraction of sp³-hybridized carbons (Fsp3) is 0.500. The minimum Gasteiger partial charge on any atom is -0.397 e. The predicted octanol–water partition coefficient (Wildman–Crippen LogP) is 2.41. The third-order valence-electron chi connectivity index (χ3n) is 0.809. The van der Waals surface area contributed by atoms with E-state index in [1.807, 2.05) is 39.1 Å². The molecule has 0 aliphatic rings. The Labute approximate surface area is 75.3 Å². The molecular formula is C10H19NO. The van der Waals surface area contributed by atoms with Crippen LogP contribution < -0.4 is 0 Å². The van der Waals surface area contributed by atoms with Crippen LogP contribution in [-0.2, 0) is 0 Å². The summed E-state index contributed by atoms with van der Waals surface area (Å²) < 4.78 is 0. The first-order valence-electron chi connectivity index (χ1n) is 4.28. The van der Waals surface area contributed by atoms with E-state index in [9.17, 15) is 0 Å². The number of aliphatic hydroxyl groups excluding tert-OH is 1. The Morgan fingerprint density at radius 3 is 2.08 bits per heavy atom. The maximum Gasteiger partial charge on any atom is 0.0402 e. The minimum atomic E-state index is 0.250. The molecule has 0 aromatic carbocycles. The lowest BCUT2D eigenvalue weighted by Gasteiger charge is -1.82. The van der Waals surface area contributed by atoms with Gasteiger partial charge in [-0.2, -0.15) is 0 Å². The molecule has 1 heterocycles. The fourth-order valence-corrected chi connectivity index (χ4v) is 0.448. The van der Waals surface area contributed by atoms with E-state index in [-0.39, 0.29) is 6.61 Å². The van der Waals surface area contributed by atoms with Gasteiger partial charge in [-0.1, -0.05) is 19.9 Å². The molecule has 0 bridgehead atoms. The molecule has 0 saturated heterocycles. The number of hydrogen-bond donors (Lipinski definition) is 1. The Kier molecular flexibility index (Phi) is 14.5. The van der Waals surface area contributed by atoms with Gasteiger partial charge in [-0.05, 0) is 25.5 Å². The van der Waals surface area contributed by atoms with E-state index in [4.69, 9.17) is 5.11 Å². The van der Waals surface area contributed by atoms with Gasteiger partial charge in [0.2, 0.25) is 0 Å². The molecule has 1 N–H and O–H groups in total. The lowest BCUT2D eigenvalue weighted by Crippen LogP contribution is -1.69. The Morgan fingerprint density at radius 1 is 1.42 bits per heavy atom. The largest absolute Gasteiger partial charge is 0.397 e. The summed E-state index contributed by atoms with van der Waals surface area (Å²) in [6.07, 6.45) is 3.60. The van der Waals surface area contributed by atoms with Gasteiger partial charge in [-0.25, -0.2) is 0 Å². The van der Waals surface area contributed by atoms with Crippen LogP contribution >= 0.6 is 0 Å². The summed E-state index contributed by atoms with van der Waals surface area (Å²) in [7, 11) is 0. The van der Waals surface area contributed by atoms with Gasteiger partial charge in [-0.15, -0.1) is 0 Å². The average molecular weight is 169 g/mol. The first-order valence-corrected chi connectivity index (χ1v) is 4.28. The van der Waals surface area contributed by atoms with Crippen molar-refractivity contribution in [2.75, 3.05) is 6.61 Å². The molecule has 2 heteroatoms. The lowest BCUT2D eigenvalue weighted by atomic mass is 10.3. The van der Waals surface area contributed by atoms with E-state index in [1.54, 1.807) is 13.1 Å². The second kappa shape index (κ2) is 12.8. The highest BCUT2D eigenvalue weighted by Gasteiger charge is 1.73. The third kappa shape index (κ3) is 11.9. The van der Waals surface area contributed by atoms with Crippen molar-refractivity contribution in [3.05, 3.63) is 30.1 Å². The molecule has 0 aliphatic heterocycles. The van der Waals surface area contributed by atoms with Crippen molar-refractivity contribution in [1.29, 1.82) is 0 Å². The molecule has 0 saturated carbocycles. The van der Waals surface area contributed by atoms with Crippen LogP contribution in [0, 0.1) is 6.92 Å².